The molecule has 0 aromatic heterocycles. The normalized spacial score (nSPS) is 25.4. The molecule has 0 aliphatic carbocycles. The second-order valence-electron chi connectivity index (χ2n) is 9.25. The van der Waals surface area contributed by atoms with E-state index < -0.39 is 5.60 Å². The van der Waals surface area contributed by atoms with Crippen LogP contribution in [0, 0.1) is 11.8 Å². The number of hydrogen-bond donors (Lipinski definition) is 0. The first-order valence-corrected chi connectivity index (χ1v) is 10.6. The molecule has 1 amide bonds. The van der Waals surface area contributed by atoms with E-state index in [1.54, 1.807) is 4.90 Å². The summed E-state index contributed by atoms with van der Waals surface area (Å²) in [5, 5.41) is 0. The molecule has 2 aromatic carbocycles. The van der Waals surface area contributed by atoms with Crippen LogP contribution in [0.3, 0.4) is 0 Å². The van der Waals surface area contributed by atoms with E-state index in [-0.39, 0.29) is 35.8 Å². The third-order valence-corrected chi connectivity index (χ3v) is 5.90. The van der Waals surface area contributed by atoms with E-state index in [4.69, 9.17) is 4.74 Å². The number of ketones is 1. The van der Waals surface area contributed by atoms with Crippen LogP contribution in [0.2, 0.25) is 0 Å². The molecule has 0 spiro atoms. The van der Waals surface area contributed by atoms with E-state index in [2.05, 4.69) is 0 Å². The third-order valence-electron chi connectivity index (χ3n) is 5.90. The van der Waals surface area contributed by atoms with Gasteiger partial charge in [0, 0.05) is 11.8 Å². The molecule has 2 aliphatic heterocycles. The lowest BCUT2D eigenvalue weighted by molar-refractivity contribution is -0.134. The summed E-state index contributed by atoms with van der Waals surface area (Å²) in [6, 6.07) is 19.6. The highest BCUT2D eigenvalue weighted by molar-refractivity contribution is 5.90. The van der Waals surface area contributed by atoms with Crippen molar-refractivity contribution in [1.82, 2.24) is 4.90 Å². The number of carbonyl (C=O) groups excluding carboxylic acids is 2. The Hall–Kier alpha value is -2.88. The molecule has 1 fully saturated rings. The van der Waals surface area contributed by atoms with Crippen molar-refractivity contribution in [2.75, 3.05) is 0 Å². The molecular formula is C26H29NO3. The second-order valence-corrected chi connectivity index (χ2v) is 9.25. The molecule has 4 nitrogen and oxygen atoms in total. The largest absolute Gasteiger partial charge is 0.444 e. The molecule has 0 radical (unpaired) electrons. The number of Topliss-reactive ketones (excluding diaryl/α,β-unsaturated/α-hetero) is 1. The quantitative estimate of drug-likeness (QED) is 0.687. The lowest BCUT2D eigenvalue weighted by atomic mass is 9.75. The lowest BCUT2D eigenvalue weighted by Crippen LogP contribution is -2.59. The molecule has 0 saturated carbocycles. The van der Waals surface area contributed by atoms with E-state index in [9.17, 15) is 9.59 Å². The first-order valence-electron chi connectivity index (χ1n) is 10.6. The number of fused-ring (bicyclic) bond motifs is 2. The number of piperidine rings is 1. The van der Waals surface area contributed by atoms with Crippen molar-refractivity contribution >= 4 is 11.9 Å². The zero-order valence-corrected chi connectivity index (χ0v) is 17.8. The Morgan fingerprint density at radius 3 is 1.67 bits per heavy atom. The van der Waals surface area contributed by atoms with Crippen molar-refractivity contribution in [3.05, 3.63) is 83.9 Å². The summed E-state index contributed by atoms with van der Waals surface area (Å²) < 4.78 is 5.73. The minimum absolute atomic E-state index is 0.238. The summed E-state index contributed by atoms with van der Waals surface area (Å²) in [6.07, 6.45) is 4.96. The second kappa shape index (κ2) is 8.10. The Labute approximate surface area is 178 Å². The average molecular weight is 404 g/mol. The van der Waals surface area contributed by atoms with Gasteiger partial charge in [-0.05, 0) is 44.7 Å². The van der Waals surface area contributed by atoms with Gasteiger partial charge in [0.1, 0.15) is 11.4 Å². The van der Waals surface area contributed by atoms with E-state index in [0.29, 0.717) is 12.8 Å². The highest BCUT2D eigenvalue weighted by Gasteiger charge is 2.52. The zero-order valence-electron chi connectivity index (χ0n) is 17.8. The smallest absolute Gasteiger partial charge is 0.411 e. The fourth-order valence-electron chi connectivity index (χ4n) is 4.62. The van der Waals surface area contributed by atoms with Crippen LogP contribution in [0.25, 0.3) is 0 Å². The molecule has 0 unspecified atom stereocenters. The van der Waals surface area contributed by atoms with Crippen molar-refractivity contribution in [3.8, 4) is 0 Å². The van der Waals surface area contributed by atoms with Crippen molar-refractivity contribution < 1.29 is 14.3 Å². The van der Waals surface area contributed by atoms with Gasteiger partial charge in [0.15, 0.2) is 0 Å². The fourth-order valence-corrected chi connectivity index (χ4v) is 4.62. The Morgan fingerprint density at radius 1 is 0.833 bits per heavy atom. The van der Waals surface area contributed by atoms with Crippen LogP contribution in [-0.2, 0) is 22.4 Å². The summed E-state index contributed by atoms with van der Waals surface area (Å²) in [5.41, 5.74) is 1.64. The zero-order chi connectivity index (χ0) is 21.3. The van der Waals surface area contributed by atoms with Gasteiger partial charge in [-0.1, -0.05) is 72.8 Å². The number of carbonyl (C=O) groups is 2. The molecule has 4 atom stereocenters. The Balaban J connectivity index is 1.67. The summed E-state index contributed by atoms with van der Waals surface area (Å²) in [4.78, 5) is 28.6. The molecule has 2 bridgehead atoms. The molecule has 4 heteroatoms. The Morgan fingerprint density at radius 2 is 1.27 bits per heavy atom. The van der Waals surface area contributed by atoms with E-state index in [1.807, 2.05) is 93.6 Å². The summed E-state index contributed by atoms with van der Waals surface area (Å²) in [7, 11) is 0. The molecule has 1 saturated heterocycles. The van der Waals surface area contributed by atoms with Gasteiger partial charge < -0.3 is 4.74 Å². The number of amides is 1. The molecule has 156 valence electrons. The van der Waals surface area contributed by atoms with Gasteiger partial charge in [-0.25, -0.2) is 4.79 Å². The molecular weight excluding hydrogens is 374 g/mol. The molecule has 2 aliphatic rings. The fraction of sp³-hybridized carbons (Fsp3) is 0.385. The maximum absolute atomic E-state index is 13.6. The molecule has 0 N–H and O–H groups in total. The topological polar surface area (TPSA) is 46.6 Å². The van der Waals surface area contributed by atoms with Crippen LogP contribution < -0.4 is 0 Å². The molecule has 2 heterocycles. The standard InChI is InChI=1S/C26H29NO3/c1-26(2,3)30-25(29)27-22-14-15-23(27)21(17-19-12-8-5-9-13-19)24(28)20(22)16-18-10-6-4-7-11-18/h4-15,20-23H,16-17H2,1-3H3/t20-,21+,22-,23+. The minimum Gasteiger partial charge on any atom is -0.444 e. The van der Waals surface area contributed by atoms with Crippen molar-refractivity contribution in [2.24, 2.45) is 11.8 Å². The van der Waals surface area contributed by atoms with Crippen molar-refractivity contribution in [3.63, 3.8) is 0 Å². The first-order chi connectivity index (χ1) is 14.3. The van der Waals surface area contributed by atoms with E-state index >= 15 is 0 Å². The van der Waals surface area contributed by atoms with Gasteiger partial charge in [-0.3, -0.25) is 9.69 Å². The number of hydrogen-bond acceptors (Lipinski definition) is 3. The number of ether oxygens (including phenoxy) is 1. The van der Waals surface area contributed by atoms with Crippen molar-refractivity contribution in [2.45, 2.75) is 51.3 Å². The summed E-state index contributed by atoms with van der Waals surface area (Å²) >= 11 is 0. The van der Waals surface area contributed by atoms with Gasteiger partial charge in [0.25, 0.3) is 0 Å². The SMILES string of the molecule is CC(C)(C)OC(=O)N1[C@@H]2C=C[C@H]1[C@H](Cc1ccccc1)C(=O)[C@@H]2Cc1ccccc1. The minimum atomic E-state index is -0.582. The first kappa shape index (κ1) is 20.4. The predicted octanol–water partition coefficient (Wildman–Crippen LogP) is 4.83. The maximum Gasteiger partial charge on any atom is 0.411 e. The van der Waals surface area contributed by atoms with Crippen LogP contribution in [0.15, 0.2) is 72.8 Å². The summed E-state index contributed by atoms with van der Waals surface area (Å²) in [5.74, 6) is -0.310. The van der Waals surface area contributed by atoms with Gasteiger partial charge in [-0.15, -0.1) is 0 Å². The van der Waals surface area contributed by atoms with Crippen LogP contribution in [0.4, 0.5) is 4.79 Å². The highest BCUT2D eigenvalue weighted by atomic mass is 16.6. The number of nitrogens with zero attached hydrogens (tertiary/aromatic N) is 1. The van der Waals surface area contributed by atoms with Gasteiger partial charge in [0.05, 0.1) is 12.1 Å². The predicted molar refractivity (Wildman–Crippen MR) is 117 cm³/mol. The van der Waals surface area contributed by atoms with Crippen LogP contribution >= 0.6 is 0 Å². The van der Waals surface area contributed by atoms with Crippen LogP contribution in [0.5, 0.6) is 0 Å². The number of rotatable bonds is 4. The Bertz CT molecular complexity index is 868. The van der Waals surface area contributed by atoms with Gasteiger partial charge in [0.2, 0.25) is 0 Å². The van der Waals surface area contributed by atoms with E-state index in [0.717, 1.165) is 11.1 Å². The van der Waals surface area contributed by atoms with Gasteiger partial charge in [-0.2, -0.15) is 0 Å². The number of benzene rings is 2. The van der Waals surface area contributed by atoms with E-state index in [1.165, 1.54) is 0 Å². The maximum atomic E-state index is 13.6. The molecule has 30 heavy (non-hydrogen) atoms. The average Bonchev–Trinajstić information content (AvgIpc) is 3.09. The third kappa shape index (κ3) is 4.18. The Kier molecular flexibility index (Phi) is 5.50. The van der Waals surface area contributed by atoms with Crippen molar-refractivity contribution in [1.29, 1.82) is 0 Å². The summed E-state index contributed by atoms with van der Waals surface area (Å²) in [6.45, 7) is 5.62. The van der Waals surface area contributed by atoms with Crippen LogP contribution in [0.1, 0.15) is 31.9 Å². The van der Waals surface area contributed by atoms with Gasteiger partial charge >= 0.3 is 6.09 Å². The molecule has 4 rings (SSSR count). The lowest BCUT2D eigenvalue weighted by Gasteiger charge is -2.44. The highest BCUT2D eigenvalue weighted by Crippen LogP contribution is 2.40. The monoisotopic (exact) mass is 403 g/mol. The van der Waals surface area contributed by atoms with Crippen LogP contribution in [-0.4, -0.2) is 34.5 Å². The molecule has 2 aromatic rings.